The summed E-state index contributed by atoms with van der Waals surface area (Å²) in [7, 11) is 0. The first-order chi connectivity index (χ1) is 13.5. The Balaban J connectivity index is 1.46. The van der Waals surface area contributed by atoms with Gasteiger partial charge in [-0.25, -0.2) is 4.98 Å². The van der Waals surface area contributed by atoms with Crippen LogP contribution in [0.5, 0.6) is 5.75 Å². The molecule has 0 aliphatic carbocycles. The second kappa shape index (κ2) is 9.89. The zero-order chi connectivity index (χ0) is 19.9. The highest BCUT2D eigenvalue weighted by atomic mass is 35.5. The van der Waals surface area contributed by atoms with Gasteiger partial charge in [0, 0.05) is 18.3 Å². The molecule has 2 aromatic carbocycles. The number of carbonyl (C=O) groups is 1. The summed E-state index contributed by atoms with van der Waals surface area (Å²) in [5.41, 5.74) is 1.47. The summed E-state index contributed by atoms with van der Waals surface area (Å²) >= 11 is 13.4. The monoisotopic (exact) mass is 436 g/mol. The Morgan fingerprint density at radius 2 is 1.96 bits per heavy atom. The summed E-state index contributed by atoms with van der Waals surface area (Å²) in [5.74, 6) is 0.0417. The number of ether oxygens (including phenoxy) is 1. The van der Waals surface area contributed by atoms with Crippen LogP contribution in [0.1, 0.15) is 21.1 Å². The van der Waals surface area contributed by atoms with Crippen LogP contribution in [0.2, 0.25) is 10.0 Å². The second-order valence-electron chi connectivity index (χ2n) is 6.02. The molecule has 0 aliphatic heterocycles. The van der Waals surface area contributed by atoms with Crippen LogP contribution in [-0.4, -0.2) is 35.3 Å². The van der Waals surface area contributed by atoms with Crippen molar-refractivity contribution in [2.75, 3.05) is 13.2 Å². The number of halogens is 2. The van der Waals surface area contributed by atoms with E-state index >= 15 is 0 Å². The molecule has 2 N–H and O–H groups in total. The lowest BCUT2D eigenvalue weighted by Crippen LogP contribution is -2.35. The molecule has 8 heteroatoms. The van der Waals surface area contributed by atoms with Gasteiger partial charge in [0.15, 0.2) is 0 Å². The number of hydrogen-bond donors (Lipinski definition) is 2. The molecule has 146 valence electrons. The summed E-state index contributed by atoms with van der Waals surface area (Å²) in [6, 6.07) is 14.9. The van der Waals surface area contributed by atoms with Crippen molar-refractivity contribution in [1.29, 1.82) is 0 Å². The van der Waals surface area contributed by atoms with Gasteiger partial charge in [-0.3, -0.25) is 4.79 Å². The molecule has 1 heterocycles. The van der Waals surface area contributed by atoms with Crippen molar-refractivity contribution in [3.63, 3.8) is 0 Å². The molecule has 0 radical (unpaired) electrons. The molecule has 0 spiro atoms. The highest BCUT2D eigenvalue weighted by molar-refractivity contribution is 7.09. The zero-order valence-corrected chi connectivity index (χ0v) is 17.1. The molecule has 0 saturated carbocycles. The van der Waals surface area contributed by atoms with E-state index in [0.717, 1.165) is 10.6 Å². The molecule has 28 heavy (non-hydrogen) atoms. The quantitative estimate of drug-likeness (QED) is 0.554. The van der Waals surface area contributed by atoms with E-state index in [1.54, 1.807) is 23.6 Å². The normalized spacial score (nSPS) is 11.8. The minimum absolute atomic E-state index is 0.0303. The molecule has 1 amide bonds. The van der Waals surface area contributed by atoms with E-state index in [1.165, 1.54) is 11.3 Å². The van der Waals surface area contributed by atoms with Crippen LogP contribution in [0.25, 0.3) is 0 Å². The topological polar surface area (TPSA) is 71.5 Å². The molecule has 1 atom stereocenters. The molecule has 3 rings (SSSR count). The van der Waals surface area contributed by atoms with E-state index < -0.39 is 6.10 Å². The van der Waals surface area contributed by atoms with Gasteiger partial charge in [0.2, 0.25) is 0 Å². The highest BCUT2D eigenvalue weighted by Gasteiger charge is 2.14. The predicted octanol–water partition coefficient (Wildman–Crippen LogP) is 4.21. The number of nitrogens with zero attached hydrogens (tertiary/aromatic N) is 1. The lowest BCUT2D eigenvalue weighted by atomic mass is 10.2. The fourth-order valence-corrected chi connectivity index (χ4v) is 3.56. The number of thiazole rings is 1. The summed E-state index contributed by atoms with van der Waals surface area (Å²) in [4.78, 5) is 16.6. The first-order valence-corrected chi connectivity index (χ1v) is 10.2. The van der Waals surface area contributed by atoms with Crippen molar-refractivity contribution in [2.45, 2.75) is 12.5 Å². The smallest absolute Gasteiger partial charge is 0.270 e. The zero-order valence-electron chi connectivity index (χ0n) is 14.8. The van der Waals surface area contributed by atoms with Crippen LogP contribution in [0.15, 0.2) is 53.9 Å². The third-order valence-corrected chi connectivity index (χ3v) is 5.48. The van der Waals surface area contributed by atoms with Crippen molar-refractivity contribution in [3.05, 3.63) is 80.2 Å². The van der Waals surface area contributed by atoms with Crippen molar-refractivity contribution in [3.8, 4) is 5.75 Å². The van der Waals surface area contributed by atoms with Crippen molar-refractivity contribution < 1.29 is 14.6 Å². The number of benzene rings is 2. The summed E-state index contributed by atoms with van der Waals surface area (Å²) in [6.45, 7) is -0.000766. The molecule has 0 saturated heterocycles. The number of aliphatic hydroxyl groups is 1. The Labute approximate surface area is 176 Å². The summed E-state index contributed by atoms with van der Waals surface area (Å²) in [6.07, 6.45) is -0.225. The second-order valence-corrected chi connectivity index (χ2v) is 7.74. The fourth-order valence-electron chi connectivity index (χ4n) is 2.41. The Bertz CT molecular complexity index is 934. The molecule has 0 aliphatic rings. The van der Waals surface area contributed by atoms with E-state index in [9.17, 15) is 9.90 Å². The molecule has 0 bridgehead atoms. The maximum absolute atomic E-state index is 12.2. The van der Waals surface area contributed by atoms with E-state index in [1.807, 2.05) is 30.3 Å². The van der Waals surface area contributed by atoms with Crippen LogP contribution in [0.4, 0.5) is 0 Å². The van der Waals surface area contributed by atoms with E-state index in [-0.39, 0.29) is 24.1 Å². The first kappa shape index (κ1) is 20.6. The van der Waals surface area contributed by atoms with Gasteiger partial charge in [0.1, 0.15) is 29.2 Å². The van der Waals surface area contributed by atoms with Gasteiger partial charge >= 0.3 is 0 Å². The Kier molecular flexibility index (Phi) is 7.28. The number of amides is 1. The standard InChI is InChI=1S/C20H18Cl2N2O3S/c21-15-7-4-8-17(19(15)22)27-11-14(25)10-23-20(26)16-12-28-18(24-16)9-13-5-2-1-3-6-13/h1-8,12,14,25H,9-11H2,(H,23,26). The predicted molar refractivity (Wildman–Crippen MR) is 112 cm³/mol. The number of aliphatic hydroxyl groups excluding tert-OH is 1. The van der Waals surface area contributed by atoms with Crippen molar-refractivity contribution in [1.82, 2.24) is 10.3 Å². The lowest BCUT2D eigenvalue weighted by Gasteiger charge is -2.14. The Morgan fingerprint density at radius 1 is 1.18 bits per heavy atom. The molecule has 1 unspecified atom stereocenters. The van der Waals surface area contributed by atoms with Gasteiger partial charge < -0.3 is 15.2 Å². The third kappa shape index (κ3) is 5.69. The molecule has 3 aromatic rings. The summed E-state index contributed by atoms with van der Waals surface area (Å²) < 4.78 is 5.46. The minimum atomic E-state index is -0.901. The summed E-state index contributed by atoms with van der Waals surface area (Å²) in [5, 5.41) is 15.9. The van der Waals surface area contributed by atoms with Gasteiger partial charge in [0.05, 0.1) is 10.0 Å². The SMILES string of the molecule is O=C(NCC(O)COc1cccc(Cl)c1Cl)c1csc(Cc2ccccc2)n1. The molecule has 1 aromatic heterocycles. The number of aromatic nitrogens is 1. The minimum Gasteiger partial charge on any atom is -0.489 e. The van der Waals surface area contributed by atoms with Crippen LogP contribution in [0, 0.1) is 0 Å². The van der Waals surface area contributed by atoms with Gasteiger partial charge in [-0.05, 0) is 17.7 Å². The van der Waals surface area contributed by atoms with Crippen molar-refractivity contribution in [2.24, 2.45) is 0 Å². The number of nitrogens with one attached hydrogen (secondary N) is 1. The average Bonchev–Trinajstić information content (AvgIpc) is 3.16. The molecule has 0 fully saturated rings. The van der Waals surface area contributed by atoms with Gasteiger partial charge in [-0.2, -0.15) is 0 Å². The van der Waals surface area contributed by atoms with Crippen molar-refractivity contribution >= 4 is 40.4 Å². The maximum Gasteiger partial charge on any atom is 0.270 e. The van der Waals surface area contributed by atoms with E-state index in [4.69, 9.17) is 27.9 Å². The fraction of sp³-hybridized carbons (Fsp3) is 0.200. The molecular weight excluding hydrogens is 419 g/mol. The first-order valence-electron chi connectivity index (χ1n) is 8.54. The van der Waals surface area contributed by atoms with Crippen LogP contribution in [-0.2, 0) is 6.42 Å². The number of carbonyl (C=O) groups excluding carboxylic acids is 1. The maximum atomic E-state index is 12.2. The third-order valence-electron chi connectivity index (χ3n) is 3.83. The van der Waals surface area contributed by atoms with Gasteiger partial charge in [-0.15, -0.1) is 11.3 Å². The van der Waals surface area contributed by atoms with E-state index in [0.29, 0.717) is 22.9 Å². The Hall–Kier alpha value is -2.12. The molecular formula is C20H18Cl2N2O3S. The largest absolute Gasteiger partial charge is 0.489 e. The number of hydrogen-bond acceptors (Lipinski definition) is 5. The van der Waals surface area contributed by atoms with E-state index in [2.05, 4.69) is 10.3 Å². The number of rotatable bonds is 8. The lowest BCUT2D eigenvalue weighted by molar-refractivity contribution is 0.0840. The highest BCUT2D eigenvalue weighted by Crippen LogP contribution is 2.31. The van der Waals surface area contributed by atoms with Crippen LogP contribution in [0.3, 0.4) is 0 Å². The Morgan fingerprint density at radius 3 is 2.75 bits per heavy atom. The van der Waals surface area contributed by atoms with Gasteiger partial charge in [-0.1, -0.05) is 59.6 Å². The van der Waals surface area contributed by atoms with Gasteiger partial charge in [0.25, 0.3) is 5.91 Å². The van der Waals surface area contributed by atoms with Crippen LogP contribution >= 0.6 is 34.5 Å². The molecule has 5 nitrogen and oxygen atoms in total. The average molecular weight is 437 g/mol. The van der Waals surface area contributed by atoms with Crippen LogP contribution < -0.4 is 10.1 Å².